The Kier molecular flexibility index (Phi) is 4.17. The highest BCUT2D eigenvalue weighted by molar-refractivity contribution is 5.94. The van der Waals surface area contributed by atoms with Crippen LogP contribution in [0.1, 0.15) is 35.1 Å². The number of nitrogens with zero attached hydrogens (tertiary/aromatic N) is 3. The number of para-hydroxylation sites is 1. The molecule has 0 bridgehead atoms. The molecule has 0 saturated carbocycles. The summed E-state index contributed by atoms with van der Waals surface area (Å²) in [6, 6.07) is 6.14. The van der Waals surface area contributed by atoms with E-state index in [2.05, 4.69) is 5.10 Å². The van der Waals surface area contributed by atoms with Crippen molar-refractivity contribution in [1.82, 2.24) is 14.7 Å². The number of benzene rings is 1. The lowest BCUT2D eigenvalue weighted by Gasteiger charge is -2.22. The van der Waals surface area contributed by atoms with Gasteiger partial charge in [-0.25, -0.2) is 9.07 Å². The maximum atomic E-state index is 14.1. The molecule has 0 radical (unpaired) electrons. The van der Waals surface area contributed by atoms with Gasteiger partial charge in [-0.2, -0.15) is 5.10 Å². The molecule has 0 fully saturated rings. The first-order chi connectivity index (χ1) is 11.0. The number of hydrogen-bond acceptors (Lipinski definition) is 3. The monoisotopic (exact) mass is 317 g/mol. The first-order valence-electron chi connectivity index (χ1n) is 7.78. The number of carbonyl (C=O) groups excluding carboxylic acids is 1. The summed E-state index contributed by atoms with van der Waals surface area (Å²) < 4.78 is 15.7. The van der Waals surface area contributed by atoms with Gasteiger partial charge in [-0.15, -0.1) is 0 Å². The van der Waals surface area contributed by atoms with Gasteiger partial charge in [-0.1, -0.05) is 12.1 Å². The summed E-state index contributed by atoms with van der Waals surface area (Å²) in [4.78, 5) is 14.2. The third-order valence-corrected chi connectivity index (χ3v) is 4.46. The predicted molar refractivity (Wildman–Crippen MR) is 84.2 cm³/mol. The lowest BCUT2D eigenvalue weighted by Crippen LogP contribution is -2.38. The van der Waals surface area contributed by atoms with Gasteiger partial charge in [-0.05, 0) is 38.3 Å². The molecule has 5 nitrogen and oxygen atoms in total. The second kappa shape index (κ2) is 6.12. The zero-order valence-electron chi connectivity index (χ0n) is 13.3. The van der Waals surface area contributed by atoms with Gasteiger partial charge in [0.1, 0.15) is 11.5 Å². The number of aromatic nitrogens is 2. The second-order valence-corrected chi connectivity index (χ2v) is 5.94. The van der Waals surface area contributed by atoms with Gasteiger partial charge in [0.05, 0.1) is 12.6 Å². The molecule has 6 heteroatoms. The summed E-state index contributed by atoms with van der Waals surface area (Å²) in [5.41, 5.74) is 2.53. The summed E-state index contributed by atoms with van der Waals surface area (Å²) in [5, 5.41) is 13.6. The molecule has 3 rings (SSSR count). The Morgan fingerprint density at radius 3 is 2.87 bits per heavy atom. The molecule has 1 unspecified atom stereocenters. The Labute approximate surface area is 134 Å². The lowest BCUT2D eigenvalue weighted by atomic mass is 10.1. The van der Waals surface area contributed by atoms with E-state index in [9.17, 15) is 14.3 Å². The van der Waals surface area contributed by atoms with Crippen molar-refractivity contribution in [2.75, 3.05) is 13.7 Å². The molecule has 1 aliphatic rings. The molecule has 1 aromatic heterocycles. The van der Waals surface area contributed by atoms with Crippen molar-refractivity contribution < 1.29 is 14.3 Å². The Morgan fingerprint density at radius 2 is 2.17 bits per heavy atom. The summed E-state index contributed by atoms with van der Waals surface area (Å²) in [6.45, 7) is 1.66. The summed E-state index contributed by atoms with van der Waals surface area (Å²) in [5.74, 6) is -0.597. The van der Waals surface area contributed by atoms with Crippen LogP contribution in [0, 0.1) is 5.82 Å². The van der Waals surface area contributed by atoms with Crippen LogP contribution in [-0.2, 0) is 12.8 Å². The van der Waals surface area contributed by atoms with Gasteiger partial charge >= 0.3 is 0 Å². The van der Waals surface area contributed by atoms with Crippen LogP contribution in [0.3, 0.4) is 0 Å². The minimum atomic E-state index is -0.360. The van der Waals surface area contributed by atoms with Crippen molar-refractivity contribution in [2.24, 2.45) is 0 Å². The van der Waals surface area contributed by atoms with Crippen LogP contribution < -0.4 is 0 Å². The van der Waals surface area contributed by atoms with Gasteiger partial charge < -0.3 is 10.0 Å². The summed E-state index contributed by atoms with van der Waals surface area (Å²) in [7, 11) is 1.65. The number of amides is 1. The third-order valence-electron chi connectivity index (χ3n) is 4.46. The zero-order valence-corrected chi connectivity index (χ0v) is 13.3. The molecule has 1 heterocycles. The Balaban J connectivity index is 2.06. The highest BCUT2D eigenvalue weighted by atomic mass is 19.1. The molecule has 1 aromatic carbocycles. The van der Waals surface area contributed by atoms with Crippen molar-refractivity contribution in [1.29, 1.82) is 0 Å². The molecule has 1 amide bonds. The first kappa shape index (κ1) is 15.7. The molecule has 0 spiro atoms. The standard InChI is InChI=1S/C17H20FN3O2/c1-11(10-22)20(2)17(23)16-12-6-5-9-14(12)21(19-16)15-8-4-3-7-13(15)18/h3-4,7-8,11,22H,5-6,9-10H2,1-2H3. The Morgan fingerprint density at radius 1 is 1.43 bits per heavy atom. The quantitative estimate of drug-likeness (QED) is 0.938. The van der Waals surface area contributed by atoms with Gasteiger partial charge in [0, 0.05) is 18.3 Å². The number of carbonyl (C=O) groups is 1. The van der Waals surface area contributed by atoms with Gasteiger partial charge in [-0.3, -0.25) is 4.79 Å². The highest BCUT2D eigenvalue weighted by Gasteiger charge is 2.30. The van der Waals surface area contributed by atoms with Crippen molar-refractivity contribution in [3.8, 4) is 5.69 Å². The molecule has 2 aromatic rings. The molecule has 23 heavy (non-hydrogen) atoms. The molecule has 1 aliphatic carbocycles. The van der Waals surface area contributed by atoms with E-state index in [-0.39, 0.29) is 24.4 Å². The van der Waals surface area contributed by atoms with Crippen molar-refractivity contribution in [3.63, 3.8) is 0 Å². The normalized spacial score (nSPS) is 14.6. The average molecular weight is 317 g/mol. The number of hydrogen-bond donors (Lipinski definition) is 1. The van der Waals surface area contributed by atoms with E-state index in [1.807, 2.05) is 0 Å². The van der Waals surface area contributed by atoms with Crippen LogP contribution in [0.25, 0.3) is 5.69 Å². The number of halogens is 1. The summed E-state index contributed by atoms with van der Waals surface area (Å²) in [6.07, 6.45) is 2.48. The minimum Gasteiger partial charge on any atom is -0.394 e. The van der Waals surface area contributed by atoms with E-state index in [0.717, 1.165) is 30.5 Å². The zero-order chi connectivity index (χ0) is 16.6. The smallest absolute Gasteiger partial charge is 0.274 e. The van der Waals surface area contributed by atoms with Crippen LogP contribution in [0.2, 0.25) is 0 Å². The van der Waals surface area contributed by atoms with E-state index >= 15 is 0 Å². The van der Waals surface area contributed by atoms with Crippen LogP contribution in [0.5, 0.6) is 0 Å². The maximum Gasteiger partial charge on any atom is 0.274 e. The number of aliphatic hydroxyl groups excluding tert-OH is 1. The number of fused-ring (bicyclic) bond motifs is 1. The number of rotatable bonds is 4. The van der Waals surface area contributed by atoms with Crippen molar-refractivity contribution in [3.05, 3.63) is 47.0 Å². The van der Waals surface area contributed by atoms with E-state index in [0.29, 0.717) is 11.4 Å². The fourth-order valence-electron chi connectivity index (χ4n) is 2.92. The topological polar surface area (TPSA) is 58.4 Å². The van der Waals surface area contributed by atoms with Gasteiger partial charge in [0.2, 0.25) is 0 Å². The molecule has 1 atom stereocenters. The number of aliphatic hydroxyl groups is 1. The van der Waals surface area contributed by atoms with Crippen LogP contribution >= 0.6 is 0 Å². The third kappa shape index (κ3) is 2.63. The van der Waals surface area contributed by atoms with Gasteiger partial charge in [0.15, 0.2) is 5.69 Å². The molecular formula is C17H20FN3O2. The maximum absolute atomic E-state index is 14.1. The Bertz CT molecular complexity index is 741. The Hall–Kier alpha value is -2.21. The van der Waals surface area contributed by atoms with Crippen LogP contribution in [0.15, 0.2) is 24.3 Å². The largest absolute Gasteiger partial charge is 0.394 e. The summed E-state index contributed by atoms with van der Waals surface area (Å²) >= 11 is 0. The second-order valence-electron chi connectivity index (χ2n) is 5.94. The number of likely N-dealkylation sites (N-methyl/N-ethyl adjacent to an activating group) is 1. The van der Waals surface area contributed by atoms with Crippen LogP contribution in [0.4, 0.5) is 4.39 Å². The highest BCUT2D eigenvalue weighted by Crippen LogP contribution is 2.29. The average Bonchev–Trinajstić information content (AvgIpc) is 3.16. The van der Waals surface area contributed by atoms with E-state index in [1.54, 1.807) is 36.9 Å². The van der Waals surface area contributed by atoms with E-state index in [1.165, 1.54) is 11.0 Å². The van der Waals surface area contributed by atoms with Crippen LogP contribution in [-0.4, -0.2) is 45.4 Å². The fraction of sp³-hybridized carbons (Fsp3) is 0.412. The predicted octanol–water partition coefficient (Wildman–Crippen LogP) is 1.95. The molecular weight excluding hydrogens is 297 g/mol. The van der Waals surface area contributed by atoms with Crippen molar-refractivity contribution >= 4 is 5.91 Å². The minimum absolute atomic E-state index is 0.113. The van der Waals surface area contributed by atoms with E-state index in [4.69, 9.17) is 0 Å². The molecule has 1 N–H and O–H groups in total. The SMILES string of the molecule is CC(CO)N(C)C(=O)c1nn(-c2ccccc2F)c2c1CCC2. The molecule has 0 aliphatic heterocycles. The molecule has 122 valence electrons. The van der Waals surface area contributed by atoms with Gasteiger partial charge in [0.25, 0.3) is 5.91 Å². The van der Waals surface area contributed by atoms with Crippen molar-refractivity contribution in [2.45, 2.75) is 32.2 Å². The fourth-order valence-corrected chi connectivity index (χ4v) is 2.92. The molecule has 0 saturated heterocycles. The first-order valence-corrected chi connectivity index (χ1v) is 7.78. The van der Waals surface area contributed by atoms with E-state index < -0.39 is 0 Å². The lowest BCUT2D eigenvalue weighted by molar-refractivity contribution is 0.0674.